The van der Waals surface area contributed by atoms with E-state index in [2.05, 4.69) is 41.5 Å². The molecular weight excluding hydrogens is 168 g/mol. The fraction of sp³-hybridized carbons (Fsp3) is 1.00. The Bertz CT molecular complexity index is 140. The maximum atomic E-state index is 2.44. The predicted molar refractivity (Wildman–Crippen MR) is 66.6 cm³/mol. The summed E-state index contributed by atoms with van der Waals surface area (Å²) >= 11 is 0. The molecule has 0 rings (SSSR count). The van der Waals surface area contributed by atoms with Gasteiger partial charge in [-0.1, -0.05) is 67.2 Å². The van der Waals surface area contributed by atoms with Crippen molar-refractivity contribution in [3.05, 3.63) is 0 Å². The molecule has 0 N–H and O–H groups in total. The fourth-order valence-electron chi connectivity index (χ4n) is 1.77. The van der Waals surface area contributed by atoms with Gasteiger partial charge in [-0.05, 0) is 23.7 Å². The first-order valence-corrected chi connectivity index (χ1v) is 6.39. The third-order valence-corrected chi connectivity index (χ3v) is 4.30. The van der Waals surface area contributed by atoms with Crippen LogP contribution < -0.4 is 0 Å². The summed E-state index contributed by atoms with van der Waals surface area (Å²) in [4.78, 5) is 0. The van der Waals surface area contributed by atoms with E-state index >= 15 is 0 Å². The summed E-state index contributed by atoms with van der Waals surface area (Å²) in [6.07, 6.45) is 8.16. The SMILES string of the molecule is CCC(C)(C)CCCC(C)(CC)CC. The maximum Gasteiger partial charge on any atom is -0.0331 e. The summed E-state index contributed by atoms with van der Waals surface area (Å²) in [5, 5.41) is 0. The lowest BCUT2D eigenvalue weighted by Crippen LogP contribution is -2.16. The van der Waals surface area contributed by atoms with Crippen molar-refractivity contribution < 1.29 is 0 Å². The second kappa shape index (κ2) is 5.78. The zero-order valence-corrected chi connectivity index (χ0v) is 11.2. The largest absolute Gasteiger partial charge is 0.0649 e. The number of hydrogen-bond donors (Lipinski definition) is 0. The van der Waals surface area contributed by atoms with E-state index in [-0.39, 0.29) is 0 Å². The van der Waals surface area contributed by atoms with Crippen molar-refractivity contribution in [3.63, 3.8) is 0 Å². The van der Waals surface area contributed by atoms with Crippen LogP contribution in [-0.4, -0.2) is 0 Å². The highest BCUT2D eigenvalue weighted by Crippen LogP contribution is 2.35. The summed E-state index contributed by atoms with van der Waals surface area (Å²) in [5.41, 5.74) is 1.16. The van der Waals surface area contributed by atoms with Crippen LogP contribution in [-0.2, 0) is 0 Å². The minimum Gasteiger partial charge on any atom is -0.0649 e. The Kier molecular flexibility index (Phi) is 5.78. The molecule has 0 fully saturated rings. The minimum absolute atomic E-state index is 0.558. The summed E-state index contributed by atoms with van der Waals surface area (Å²) in [6, 6.07) is 0. The Morgan fingerprint density at radius 3 is 1.57 bits per heavy atom. The topological polar surface area (TPSA) is 0 Å². The molecule has 0 aliphatic rings. The van der Waals surface area contributed by atoms with E-state index in [9.17, 15) is 0 Å². The van der Waals surface area contributed by atoms with Gasteiger partial charge in [0.25, 0.3) is 0 Å². The molecule has 0 saturated heterocycles. The van der Waals surface area contributed by atoms with E-state index < -0.39 is 0 Å². The molecule has 0 heterocycles. The van der Waals surface area contributed by atoms with E-state index in [1.54, 1.807) is 0 Å². The van der Waals surface area contributed by atoms with Crippen molar-refractivity contribution in [2.45, 2.75) is 80.1 Å². The van der Waals surface area contributed by atoms with E-state index in [1.165, 1.54) is 38.5 Å². The van der Waals surface area contributed by atoms with Crippen molar-refractivity contribution in [2.75, 3.05) is 0 Å². The Hall–Kier alpha value is 0. The molecule has 0 saturated carbocycles. The van der Waals surface area contributed by atoms with Gasteiger partial charge in [-0.25, -0.2) is 0 Å². The molecule has 86 valence electrons. The van der Waals surface area contributed by atoms with Crippen LogP contribution in [0, 0.1) is 10.8 Å². The number of rotatable bonds is 7. The van der Waals surface area contributed by atoms with Crippen LogP contribution >= 0.6 is 0 Å². The Labute approximate surface area is 91.5 Å². The Balaban J connectivity index is 3.83. The lowest BCUT2D eigenvalue weighted by molar-refractivity contribution is 0.230. The molecule has 0 bridgehead atoms. The van der Waals surface area contributed by atoms with Gasteiger partial charge < -0.3 is 0 Å². The highest BCUT2D eigenvalue weighted by atomic mass is 14.3. The smallest absolute Gasteiger partial charge is 0.0331 e. The van der Waals surface area contributed by atoms with Crippen LogP contribution in [0.1, 0.15) is 80.1 Å². The van der Waals surface area contributed by atoms with Crippen LogP contribution in [0.2, 0.25) is 0 Å². The van der Waals surface area contributed by atoms with E-state index in [0.717, 1.165) is 0 Å². The summed E-state index contributed by atoms with van der Waals surface area (Å²) in [6.45, 7) is 14.2. The average molecular weight is 198 g/mol. The molecule has 0 aromatic heterocycles. The summed E-state index contributed by atoms with van der Waals surface area (Å²) in [7, 11) is 0. The van der Waals surface area contributed by atoms with Crippen molar-refractivity contribution in [1.29, 1.82) is 0 Å². The van der Waals surface area contributed by atoms with Crippen LogP contribution in [0.5, 0.6) is 0 Å². The molecule has 0 nitrogen and oxygen atoms in total. The van der Waals surface area contributed by atoms with Crippen molar-refractivity contribution in [2.24, 2.45) is 10.8 Å². The normalized spacial score (nSPS) is 13.3. The molecule has 0 aromatic rings. The van der Waals surface area contributed by atoms with Crippen molar-refractivity contribution >= 4 is 0 Å². The van der Waals surface area contributed by atoms with Crippen LogP contribution in [0.4, 0.5) is 0 Å². The Morgan fingerprint density at radius 2 is 1.21 bits per heavy atom. The molecule has 0 amide bonds. The van der Waals surface area contributed by atoms with Gasteiger partial charge in [-0.2, -0.15) is 0 Å². The second-order valence-electron chi connectivity index (χ2n) is 5.89. The first kappa shape index (κ1) is 14.0. The lowest BCUT2D eigenvalue weighted by Gasteiger charge is -2.29. The van der Waals surface area contributed by atoms with E-state index in [4.69, 9.17) is 0 Å². The third kappa shape index (κ3) is 5.02. The average Bonchev–Trinajstić information content (AvgIpc) is 2.17. The molecule has 14 heavy (non-hydrogen) atoms. The summed E-state index contributed by atoms with van der Waals surface area (Å²) in [5.74, 6) is 0. The van der Waals surface area contributed by atoms with Gasteiger partial charge in [0.15, 0.2) is 0 Å². The fourth-order valence-corrected chi connectivity index (χ4v) is 1.77. The standard InChI is InChI=1S/C14H30/c1-7-13(4,5)11-10-12-14(6,8-2)9-3/h7-12H2,1-6H3. The molecule has 0 atom stereocenters. The van der Waals surface area contributed by atoms with E-state index in [1.807, 2.05) is 0 Å². The van der Waals surface area contributed by atoms with Crippen molar-refractivity contribution in [3.8, 4) is 0 Å². The predicted octanol–water partition coefficient (Wildman–Crippen LogP) is 5.42. The molecule has 0 aliphatic carbocycles. The highest BCUT2D eigenvalue weighted by molar-refractivity contribution is 4.73. The van der Waals surface area contributed by atoms with Crippen LogP contribution in [0.25, 0.3) is 0 Å². The van der Waals surface area contributed by atoms with E-state index in [0.29, 0.717) is 10.8 Å². The van der Waals surface area contributed by atoms with Gasteiger partial charge in [-0.3, -0.25) is 0 Å². The molecule has 0 aromatic carbocycles. The molecule has 0 spiro atoms. The monoisotopic (exact) mass is 198 g/mol. The van der Waals surface area contributed by atoms with Crippen LogP contribution in [0.15, 0.2) is 0 Å². The van der Waals surface area contributed by atoms with Gasteiger partial charge in [0.2, 0.25) is 0 Å². The van der Waals surface area contributed by atoms with Gasteiger partial charge in [-0.15, -0.1) is 0 Å². The lowest BCUT2D eigenvalue weighted by atomic mass is 9.77. The second-order valence-corrected chi connectivity index (χ2v) is 5.89. The zero-order valence-electron chi connectivity index (χ0n) is 11.2. The highest BCUT2D eigenvalue weighted by Gasteiger charge is 2.21. The Morgan fingerprint density at radius 1 is 0.714 bits per heavy atom. The quantitative estimate of drug-likeness (QED) is 0.512. The molecule has 0 radical (unpaired) electrons. The van der Waals surface area contributed by atoms with Gasteiger partial charge in [0, 0.05) is 0 Å². The first-order valence-electron chi connectivity index (χ1n) is 6.39. The van der Waals surface area contributed by atoms with Gasteiger partial charge >= 0.3 is 0 Å². The third-order valence-electron chi connectivity index (χ3n) is 4.30. The first-order chi connectivity index (χ1) is 6.39. The number of hydrogen-bond acceptors (Lipinski definition) is 0. The molecule has 0 aliphatic heterocycles. The van der Waals surface area contributed by atoms with Crippen molar-refractivity contribution in [1.82, 2.24) is 0 Å². The minimum atomic E-state index is 0.558. The zero-order chi connectivity index (χ0) is 11.2. The van der Waals surface area contributed by atoms with Gasteiger partial charge in [0.1, 0.15) is 0 Å². The molecule has 0 unspecified atom stereocenters. The van der Waals surface area contributed by atoms with Gasteiger partial charge in [0.05, 0.1) is 0 Å². The maximum absolute atomic E-state index is 2.44. The molecule has 0 heteroatoms. The van der Waals surface area contributed by atoms with Crippen LogP contribution in [0.3, 0.4) is 0 Å². The molecular formula is C14H30. The summed E-state index contributed by atoms with van der Waals surface area (Å²) < 4.78 is 0.